The SMILES string of the molecule is CC(C)CC(C)N(C)CCCNC1CCCC1. The van der Waals surface area contributed by atoms with Crippen molar-refractivity contribution in [1.82, 2.24) is 10.2 Å². The number of hydrogen-bond acceptors (Lipinski definition) is 2. The van der Waals surface area contributed by atoms with Crippen LogP contribution in [0.25, 0.3) is 0 Å². The van der Waals surface area contributed by atoms with Gasteiger partial charge in [-0.25, -0.2) is 0 Å². The van der Waals surface area contributed by atoms with Gasteiger partial charge >= 0.3 is 0 Å². The Morgan fingerprint density at radius 1 is 1.18 bits per heavy atom. The summed E-state index contributed by atoms with van der Waals surface area (Å²) in [5.41, 5.74) is 0. The largest absolute Gasteiger partial charge is 0.314 e. The molecule has 1 saturated carbocycles. The molecule has 0 spiro atoms. The van der Waals surface area contributed by atoms with Gasteiger partial charge in [0.25, 0.3) is 0 Å². The van der Waals surface area contributed by atoms with Gasteiger partial charge in [-0.15, -0.1) is 0 Å². The lowest BCUT2D eigenvalue weighted by Crippen LogP contribution is -2.34. The van der Waals surface area contributed by atoms with E-state index in [-0.39, 0.29) is 0 Å². The summed E-state index contributed by atoms with van der Waals surface area (Å²) < 4.78 is 0. The van der Waals surface area contributed by atoms with Crippen molar-refractivity contribution in [3.63, 3.8) is 0 Å². The van der Waals surface area contributed by atoms with Crippen molar-refractivity contribution >= 4 is 0 Å². The van der Waals surface area contributed by atoms with Crippen molar-refractivity contribution in [3.8, 4) is 0 Å². The van der Waals surface area contributed by atoms with Crippen LogP contribution in [0.4, 0.5) is 0 Å². The Balaban J connectivity index is 2.00. The second-order valence-electron chi connectivity index (χ2n) is 6.25. The van der Waals surface area contributed by atoms with Crippen LogP contribution in [0.15, 0.2) is 0 Å². The molecule has 0 amide bonds. The van der Waals surface area contributed by atoms with E-state index in [2.05, 4.69) is 38.0 Å². The quantitative estimate of drug-likeness (QED) is 0.655. The molecule has 0 saturated heterocycles. The third-order valence-corrected chi connectivity index (χ3v) is 4.04. The van der Waals surface area contributed by atoms with E-state index in [1.165, 1.54) is 51.6 Å². The average Bonchev–Trinajstić information content (AvgIpc) is 2.75. The van der Waals surface area contributed by atoms with Crippen molar-refractivity contribution in [3.05, 3.63) is 0 Å². The number of hydrogen-bond donors (Lipinski definition) is 1. The fraction of sp³-hybridized carbons (Fsp3) is 1.00. The van der Waals surface area contributed by atoms with Crippen molar-refractivity contribution in [2.45, 2.75) is 71.4 Å². The summed E-state index contributed by atoms with van der Waals surface area (Å²) in [5.74, 6) is 0.809. The molecule has 17 heavy (non-hydrogen) atoms. The Labute approximate surface area is 108 Å². The molecule has 1 unspecified atom stereocenters. The molecule has 0 aliphatic heterocycles. The third-order valence-electron chi connectivity index (χ3n) is 4.04. The zero-order valence-electron chi connectivity index (χ0n) is 12.3. The van der Waals surface area contributed by atoms with Gasteiger partial charge in [0.15, 0.2) is 0 Å². The van der Waals surface area contributed by atoms with E-state index in [9.17, 15) is 0 Å². The van der Waals surface area contributed by atoms with Gasteiger partial charge in [0.1, 0.15) is 0 Å². The van der Waals surface area contributed by atoms with Gasteiger partial charge in [-0.1, -0.05) is 26.7 Å². The van der Waals surface area contributed by atoms with Crippen LogP contribution in [0.3, 0.4) is 0 Å². The van der Waals surface area contributed by atoms with Gasteiger partial charge in [0, 0.05) is 12.1 Å². The highest BCUT2D eigenvalue weighted by Gasteiger charge is 2.14. The highest BCUT2D eigenvalue weighted by molar-refractivity contribution is 4.73. The second-order valence-corrected chi connectivity index (χ2v) is 6.25. The highest BCUT2D eigenvalue weighted by Crippen LogP contribution is 2.17. The Bertz CT molecular complexity index is 185. The van der Waals surface area contributed by atoms with Crippen molar-refractivity contribution < 1.29 is 0 Å². The smallest absolute Gasteiger partial charge is 0.00670 e. The molecular formula is C15H32N2. The minimum atomic E-state index is 0.724. The first kappa shape index (κ1) is 15.0. The van der Waals surface area contributed by atoms with E-state index in [0.717, 1.165) is 18.0 Å². The van der Waals surface area contributed by atoms with Crippen LogP contribution in [0.5, 0.6) is 0 Å². The maximum Gasteiger partial charge on any atom is 0.00670 e. The van der Waals surface area contributed by atoms with Crippen LogP contribution in [-0.4, -0.2) is 37.1 Å². The maximum atomic E-state index is 3.69. The van der Waals surface area contributed by atoms with E-state index < -0.39 is 0 Å². The van der Waals surface area contributed by atoms with Gasteiger partial charge < -0.3 is 10.2 Å². The van der Waals surface area contributed by atoms with Crippen LogP contribution in [-0.2, 0) is 0 Å². The van der Waals surface area contributed by atoms with E-state index in [4.69, 9.17) is 0 Å². The van der Waals surface area contributed by atoms with Crippen molar-refractivity contribution in [1.29, 1.82) is 0 Å². The molecule has 2 nitrogen and oxygen atoms in total. The fourth-order valence-corrected chi connectivity index (χ4v) is 2.85. The first-order valence-electron chi connectivity index (χ1n) is 7.53. The standard InChI is InChI=1S/C15H32N2/c1-13(2)12-14(3)17(4)11-7-10-16-15-8-5-6-9-15/h13-16H,5-12H2,1-4H3. The third kappa shape index (κ3) is 6.42. The summed E-state index contributed by atoms with van der Waals surface area (Å²) in [6.45, 7) is 9.40. The average molecular weight is 240 g/mol. The Hall–Kier alpha value is -0.0800. The van der Waals surface area contributed by atoms with E-state index >= 15 is 0 Å². The van der Waals surface area contributed by atoms with E-state index in [1.54, 1.807) is 0 Å². The van der Waals surface area contributed by atoms with Gasteiger partial charge in [-0.05, 0) is 58.7 Å². The first-order chi connectivity index (χ1) is 8.09. The molecule has 1 rings (SSSR count). The summed E-state index contributed by atoms with van der Waals surface area (Å²) in [5, 5.41) is 3.69. The van der Waals surface area contributed by atoms with Gasteiger partial charge in [0.05, 0.1) is 0 Å². The topological polar surface area (TPSA) is 15.3 Å². The molecule has 0 aromatic heterocycles. The molecule has 0 bridgehead atoms. The monoisotopic (exact) mass is 240 g/mol. The predicted octanol–water partition coefficient (Wildman–Crippen LogP) is 3.28. The number of nitrogens with one attached hydrogen (secondary N) is 1. The molecule has 0 aromatic carbocycles. The molecule has 1 N–H and O–H groups in total. The highest BCUT2D eigenvalue weighted by atomic mass is 15.1. The Morgan fingerprint density at radius 2 is 1.82 bits per heavy atom. The summed E-state index contributed by atoms with van der Waals surface area (Å²) in [6, 6.07) is 1.55. The second kappa shape index (κ2) is 8.10. The minimum absolute atomic E-state index is 0.724. The zero-order chi connectivity index (χ0) is 12.7. The summed E-state index contributed by atoms with van der Waals surface area (Å²) in [4.78, 5) is 2.51. The van der Waals surface area contributed by atoms with Crippen LogP contribution in [0.1, 0.15) is 59.3 Å². The number of nitrogens with zero attached hydrogens (tertiary/aromatic N) is 1. The predicted molar refractivity (Wildman–Crippen MR) is 76.4 cm³/mol. The van der Waals surface area contributed by atoms with E-state index in [1.807, 2.05) is 0 Å². The normalized spacial score (nSPS) is 19.4. The van der Waals surface area contributed by atoms with E-state index in [0.29, 0.717) is 0 Å². The molecule has 2 heteroatoms. The first-order valence-corrected chi connectivity index (χ1v) is 7.53. The maximum absolute atomic E-state index is 3.69. The minimum Gasteiger partial charge on any atom is -0.314 e. The van der Waals surface area contributed by atoms with Crippen LogP contribution < -0.4 is 5.32 Å². The zero-order valence-corrected chi connectivity index (χ0v) is 12.3. The Kier molecular flexibility index (Phi) is 7.14. The molecule has 102 valence electrons. The summed E-state index contributed by atoms with van der Waals surface area (Å²) in [6.07, 6.45) is 8.27. The molecule has 0 radical (unpaired) electrons. The molecular weight excluding hydrogens is 208 g/mol. The number of rotatable bonds is 8. The lowest BCUT2D eigenvalue weighted by molar-refractivity contribution is 0.224. The molecule has 1 atom stereocenters. The van der Waals surface area contributed by atoms with Crippen molar-refractivity contribution in [2.75, 3.05) is 20.1 Å². The lowest BCUT2D eigenvalue weighted by atomic mass is 10.0. The van der Waals surface area contributed by atoms with Gasteiger partial charge in [0.2, 0.25) is 0 Å². The Morgan fingerprint density at radius 3 is 2.41 bits per heavy atom. The lowest BCUT2D eigenvalue weighted by Gasteiger charge is -2.26. The fourth-order valence-electron chi connectivity index (χ4n) is 2.85. The molecule has 0 heterocycles. The van der Waals surface area contributed by atoms with Crippen LogP contribution in [0, 0.1) is 5.92 Å². The van der Waals surface area contributed by atoms with Crippen LogP contribution in [0.2, 0.25) is 0 Å². The summed E-state index contributed by atoms with van der Waals surface area (Å²) >= 11 is 0. The molecule has 1 fully saturated rings. The van der Waals surface area contributed by atoms with Gasteiger partial charge in [-0.2, -0.15) is 0 Å². The van der Waals surface area contributed by atoms with Crippen molar-refractivity contribution in [2.24, 2.45) is 5.92 Å². The molecule has 1 aliphatic rings. The van der Waals surface area contributed by atoms with Gasteiger partial charge in [-0.3, -0.25) is 0 Å². The summed E-state index contributed by atoms with van der Waals surface area (Å²) in [7, 11) is 2.27. The molecule has 1 aliphatic carbocycles. The van der Waals surface area contributed by atoms with Crippen LogP contribution >= 0.6 is 0 Å². The molecule has 0 aromatic rings.